The van der Waals surface area contributed by atoms with E-state index in [9.17, 15) is 4.79 Å². The quantitative estimate of drug-likeness (QED) is 0.656. The van der Waals surface area contributed by atoms with E-state index in [1.807, 2.05) is 0 Å². The third kappa shape index (κ3) is 4.88. The maximum atomic E-state index is 12.0. The van der Waals surface area contributed by atoms with Gasteiger partial charge in [0.15, 0.2) is 0 Å². The number of nitrogens with one attached hydrogen (secondary N) is 2. The molecule has 0 aromatic heterocycles. The average Bonchev–Trinajstić information content (AvgIpc) is 3.12. The molecule has 0 radical (unpaired) electrons. The van der Waals surface area contributed by atoms with Gasteiger partial charge in [-0.25, -0.2) is 0 Å². The number of carbonyl (C=O) groups excluding carboxylic acids is 1. The molecule has 1 aliphatic carbocycles. The van der Waals surface area contributed by atoms with E-state index in [0.717, 1.165) is 45.3 Å². The fourth-order valence-electron chi connectivity index (χ4n) is 2.95. The van der Waals surface area contributed by atoms with Crippen LogP contribution in [0.4, 0.5) is 0 Å². The summed E-state index contributed by atoms with van der Waals surface area (Å²) in [6.45, 7) is 4.79. The van der Waals surface area contributed by atoms with E-state index >= 15 is 0 Å². The van der Waals surface area contributed by atoms with Crippen molar-refractivity contribution in [3.05, 3.63) is 0 Å². The molecule has 20 heavy (non-hydrogen) atoms. The van der Waals surface area contributed by atoms with E-state index < -0.39 is 0 Å². The molecule has 0 bridgehead atoms. The van der Waals surface area contributed by atoms with Crippen molar-refractivity contribution in [3.63, 3.8) is 0 Å². The van der Waals surface area contributed by atoms with Gasteiger partial charge >= 0.3 is 0 Å². The van der Waals surface area contributed by atoms with E-state index in [4.69, 9.17) is 9.47 Å². The number of amides is 1. The first-order valence-electron chi connectivity index (χ1n) is 7.34. The molecule has 118 valence electrons. The Kier molecular flexibility index (Phi) is 7.80. The lowest BCUT2D eigenvalue weighted by Gasteiger charge is -2.23. The molecular formula is C14H27ClN2O3. The van der Waals surface area contributed by atoms with Gasteiger partial charge in [-0.05, 0) is 44.2 Å². The van der Waals surface area contributed by atoms with Gasteiger partial charge < -0.3 is 20.1 Å². The molecule has 1 amide bonds. The molecule has 1 atom stereocenters. The molecule has 1 heterocycles. The number of halogens is 1. The van der Waals surface area contributed by atoms with Crippen LogP contribution in [-0.4, -0.2) is 52.5 Å². The Bertz CT molecular complexity index is 296. The Balaban J connectivity index is 0.00000200. The standard InChI is InChI=1S/C14H26N2O3.ClH/c1-18-9-10-19-8-2-5-16-13(17)12-11-14(12)3-6-15-7-4-14;/h12,15H,2-11H2,1H3,(H,16,17);1H. The number of rotatable bonds is 8. The Morgan fingerprint density at radius 1 is 1.30 bits per heavy atom. The molecule has 6 heteroatoms. The van der Waals surface area contributed by atoms with Crippen LogP contribution in [0.3, 0.4) is 0 Å². The number of ether oxygens (including phenoxy) is 2. The summed E-state index contributed by atoms with van der Waals surface area (Å²) in [6.07, 6.45) is 4.28. The predicted molar refractivity (Wildman–Crippen MR) is 80.2 cm³/mol. The summed E-state index contributed by atoms with van der Waals surface area (Å²) in [5, 5.41) is 6.39. The molecule has 2 N–H and O–H groups in total. The normalized spacial score (nSPS) is 23.1. The van der Waals surface area contributed by atoms with Crippen LogP contribution in [0, 0.1) is 11.3 Å². The second kappa shape index (κ2) is 8.82. The Morgan fingerprint density at radius 3 is 2.75 bits per heavy atom. The van der Waals surface area contributed by atoms with E-state index in [2.05, 4.69) is 10.6 Å². The summed E-state index contributed by atoms with van der Waals surface area (Å²) >= 11 is 0. The number of piperidine rings is 1. The van der Waals surface area contributed by atoms with Gasteiger partial charge in [-0.1, -0.05) is 0 Å². The number of methoxy groups -OCH3 is 1. The molecule has 0 aromatic rings. The SMILES string of the molecule is COCCOCCCNC(=O)C1CC12CCNCC2.Cl. The lowest BCUT2D eigenvalue weighted by atomic mass is 9.92. The molecule has 1 unspecified atom stereocenters. The first-order chi connectivity index (χ1) is 9.28. The molecule has 2 rings (SSSR count). The summed E-state index contributed by atoms with van der Waals surface area (Å²) in [5.41, 5.74) is 0.338. The van der Waals surface area contributed by atoms with Gasteiger partial charge in [-0.15, -0.1) is 12.4 Å². The highest BCUT2D eigenvalue weighted by molar-refractivity contribution is 5.85. The van der Waals surface area contributed by atoms with Crippen molar-refractivity contribution >= 4 is 18.3 Å². The minimum atomic E-state index is 0. The molecule has 2 aliphatic rings. The first kappa shape index (κ1) is 17.7. The molecule has 2 fully saturated rings. The molecule has 1 spiro atoms. The Labute approximate surface area is 127 Å². The highest BCUT2D eigenvalue weighted by Crippen LogP contribution is 2.58. The van der Waals surface area contributed by atoms with Gasteiger partial charge in [-0.2, -0.15) is 0 Å². The third-order valence-corrected chi connectivity index (χ3v) is 4.30. The van der Waals surface area contributed by atoms with E-state index in [1.54, 1.807) is 7.11 Å². The van der Waals surface area contributed by atoms with Crippen molar-refractivity contribution in [2.75, 3.05) is 46.6 Å². The van der Waals surface area contributed by atoms with Crippen molar-refractivity contribution < 1.29 is 14.3 Å². The van der Waals surface area contributed by atoms with Gasteiger partial charge in [0.1, 0.15) is 0 Å². The highest BCUT2D eigenvalue weighted by atomic mass is 35.5. The zero-order chi connectivity index (χ0) is 13.6. The second-order valence-corrected chi connectivity index (χ2v) is 5.62. The molecule has 5 nitrogen and oxygen atoms in total. The van der Waals surface area contributed by atoms with Crippen LogP contribution in [0.1, 0.15) is 25.7 Å². The van der Waals surface area contributed by atoms with Crippen molar-refractivity contribution in [2.45, 2.75) is 25.7 Å². The average molecular weight is 307 g/mol. The van der Waals surface area contributed by atoms with Gasteiger partial charge in [0.05, 0.1) is 13.2 Å². The van der Waals surface area contributed by atoms with E-state index in [-0.39, 0.29) is 24.2 Å². The van der Waals surface area contributed by atoms with Gasteiger partial charge in [0.25, 0.3) is 0 Å². The van der Waals surface area contributed by atoms with Crippen molar-refractivity contribution in [2.24, 2.45) is 11.3 Å². The van der Waals surface area contributed by atoms with Crippen molar-refractivity contribution in [1.82, 2.24) is 10.6 Å². The lowest BCUT2D eigenvalue weighted by molar-refractivity contribution is -0.123. The molecule has 1 saturated heterocycles. The third-order valence-electron chi connectivity index (χ3n) is 4.30. The topological polar surface area (TPSA) is 59.6 Å². The summed E-state index contributed by atoms with van der Waals surface area (Å²) < 4.78 is 10.2. The number of carbonyl (C=O) groups is 1. The van der Waals surface area contributed by atoms with E-state index in [1.165, 1.54) is 0 Å². The monoisotopic (exact) mass is 306 g/mol. The Morgan fingerprint density at radius 2 is 2.05 bits per heavy atom. The molecule has 1 aliphatic heterocycles. The fourth-order valence-corrected chi connectivity index (χ4v) is 2.95. The summed E-state index contributed by atoms with van der Waals surface area (Å²) in [4.78, 5) is 12.0. The second-order valence-electron chi connectivity index (χ2n) is 5.62. The lowest BCUT2D eigenvalue weighted by Crippen LogP contribution is -2.34. The minimum absolute atomic E-state index is 0. The summed E-state index contributed by atoms with van der Waals surface area (Å²) in [6, 6.07) is 0. The smallest absolute Gasteiger partial charge is 0.223 e. The zero-order valence-electron chi connectivity index (χ0n) is 12.3. The van der Waals surface area contributed by atoms with Gasteiger partial charge in [0.2, 0.25) is 5.91 Å². The summed E-state index contributed by atoms with van der Waals surface area (Å²) in [5.74, 6) is 0.516. The highest BCUT2D eigenvalue weighted by Gasteiger charge is 2.57. The minimum Gasteiger partial charge on any atom is -0.382 e. The summed E-state index contributed by atoms with van der Waals surface area (Å²) in [7, 11) is 1.66. The van der Waals surface area contributed by atoms with Crippen LogP contribution in [-0.2, 0) is 14.3 Å². The van der Waals surface area contributed by atoms with Crippen LogP contribution in [0.2, 0.25) is 0 Å². The van der Waals surface area contributed by atoms with Crippen LogP contribution in [0.5, 0.6) is 0 Å². The van der Waals surface area contributed by atoms with Crippen LogP contribution in [0.25, 0.3) is 0 Å². The predicted octanol–water partition coefficient (Wildman–Crippen LogP) is 0.967. The maximum absolute atomic E-state index is 12.0. The fraction of sp³-hybridized carbons (Fsp3) is 0.929. The van der Waals surface area contributed by atoms with Gasteiger partial charge in [0, 0.05) is 26.2 Å². The van der Waals surface area contributed by atoms with Crippen LogP contribution < -0.4 is 10.6 Å². The first-order valence-corrected chi connectivity index (χ1v) is 7.34. The molecule has 1 saturated carbocycles. The van der Waals surface area contributed by atoms with E-state index in [0.29, 0.717) is 25.2 Å². The molecule has 0 aromatic carbocycles. The number of hydrogen-bond acceptors (Lipinski definition) is 4. The molecular weight excluding hydrogens is 280 g/mol. The number of hydrogen-bond donors (Lipinski definition) is 2. The van der Waals surface area contributed by atoms with Gasteiger partial charge in [-0.3, -0.25) is 4.79 Å². The maximum Gasteiger partial charge on any atom is 0.223 e. The van der Waals surface area contributed by atoms with Crippen molar-refractivity contribution in [1.29, 1.82) is 0 Å². The Hall–Kier alpha value is -0.360. The largest absolute Gasteiger partial charge is 0.382 e. The van der Waals surface area contributed by atoms with Crippen LogP contribution >= 0.6 is 12.4 Å². The van der Waals surface area contributed by atoms with Crippen molar-refractivity contribution in [3.8, 4) is 0 Å². The zero-order valence-corrected chi connectivity index (χ0v) is 13.1. The van der Waals surface area contributed by atoms with Crippen LogP contribution in [0.15, 0.2) is 0 Å².